The number of hydroxylamine groups is 2. The summed E-state index contributed by atoms with van der Waals surface area (Å²) in [5, 5.41) is 9.29. The van der Waals surface area contributed by atoms with Gasteiger partial charge in [0.2, 0.25) is 0 Å². The molecule has 1 aliphatic heterocycles. The van der Waals surface area contributed by atoms with E-state index in [0.717, 1.165) is 12.8 Å². The molecule has 64 valence electrons. The SMILES string of the molecule is O=C1C2=CC(CCC2)C(=O)N1O. The van der Waals surface area contributed by atoms with Gasteiger partial charge in [-0.1, -0.05) is 6.08 Å². The van der Waals surface area contributed by atoms with Gasteiger partial charge in [-0.15, -0.1) is 0 Å². The van der Waals surface area contributed by atoms with Crippen molar-refractivity contribution in [1.82, 2.24) is 5.06 Å². The summed E-state index contributed by atoms with van der Waals surface area (Å²) < 4.78 is 0. The number of carbonyl (C=O) groups excluding carboxylic acids is 2. The molecule has 1 N–H and O–H groups in total. The summed E-state index contributed by atoms with van der Waals surface area (Å²) in [7, 11) is 0. The van der Waals surface area contributed by atoms with Crippen LogP contribution < -0.4 is 0 Å². The summed E-state index contributed by atoms with van der Waals surface area (Å²) in [6, 6.07) is 0. The van der Waals surface area contributed by atoms with Gasteiger partial charge in [-0.2, -0.15) is 5.06 Å². The van der Waals surface area contributed by atoms with Crippen LogP contribution in [0.25, 0.3) is 0 Å². The van der Waals surface area contributed by atoms with E-state index in [2.05, 4.69) is 0 Å². The third kappa shape index (κ3) is 0.881. The third-order valence-corrected chi connectivity index (χ3v) is 2.36. The summed E-state index contributed by atoms with van der Waals surface area (Å²) in [5.41, 5.74) is 0.577. The highest BCUT2D eigenvalue weighted by molar-refractivity contribution is 6.07. The van der Waals surface area contributed by atoms with E-state index in [1.807, 2.05) is 0 Å². The van der Waals surface area contributed by atoms with Crippen LogP contribution in [-0.2, 0) is 9.59 Å². The van der Waals surface area contributed by atoms with Crippen molar-refractivity contribution < 1.29 is 14.8 Å². The summed E-state index contributed by atoms with van der Waals surface area (Å²) >= 11 is 0. The number of rotatable bonds is 0. The van der Waals surface area contributed by atoms with Gasteiger partial charge in [0.1, 0.15) is 0 Å². The Kier molecular flexibility index (Phi) is 1.51. The molecule has 4 heteroatoms. The number of nitrogens with zero attached hydrogens (tertiary/aromatic N) is 1. The Labute approximate surface area is 69.4 Å². The molecule has 12 heavy (non-hydrogen) atoms. The monoisotopic (exact) mass is 167 g/mol. The molecule has 0 saturated carbocycles. The predicted molar refractivity (Wildman–Crippen MR) is 39.1 cm³/mol. The Morgan fingerprint density at radius 2 is 2.25 bits per heavy atom. The Morgan fingerprint density at radius 3 is 3.00 bits per heavy atom. The van der Waals surface area contributed by atoms with E-state index in [0.29, 0.717) is 12.0 Å². The van der Waals surface area contributed by atoms with E-state index in [9.17, 15) is 9.59 Å². The van der Waals surface area contributed by atoms with Gasteiger partial charge in [-0.05, 0) is 19.3 Å². The van der Waals surface area contributed by atoms with Crippen molar-refractivity contribution >= 4 is 11.8 Å². The number of amides is 2. The van der Waals surface area contributed by atoms with Gasteiger partial charge in [0.05, 0.1) is 5.92 Å². The minimum absolute atomic E-state index is 0.249. The quantitative estimate of drug-likeness (QED) is 0.421. The minimum atomic E-state index is -0.545. The van der Waals surface area contributed by atoms with Crippen molar-refractivity contribution in [2.45, 2.75) is 19.3 Å². The van der Waals surface area contributed by atoms with Crippen LogP contribution in [0.2, 0.25) is 0 Å². The molecular formula is C8H9NO3. The first-order valence-electron chi connectivity index (χ1n) is 3.98. The predicted octanol–water partition coefficient (Wildman–Crippen LogP) is 0.471. The lowest BCUT2D eigenvalue weighted by molar-refractivity contribution is -0.180. The average molecular weight is 167 g/mol. The molecule has 0 aromatic heterocycles. The Hall–Kier alpha value is -1.16. The molecule has 0 radical (unpaired) electrons. The van der Waals surface area contributed by atoms with Gasteiger partial charge in [0, 0.05) is 5.57 Å². The first kappa shape index (κ1) is 7.49. The largest absolute Gasteiger partial charge is 0.280 e. The third-order valence-electron chi connectivity index (χ3n) is 2.36. The van der Waals surface area contributed by atoms with Gasteiger partial charge < -0.3 is 0 Å². The zero-order valence-electron chi connectivity index (χ0n) is 6.49. The first-order chi connectivity index (χ1) is 5.70. The summed E-state index contributed by atoms with van der Waals surface area (Å²) in [6.07, 6.45) is 3.97. The van der Waals surface area contributed by atoms with Crippen LogP contribution in [0, 0.1) is 5.92 Å². The molecule has 0 aromatic rings. The van der Waals surface area contributed by atoms with Crippen LogP contribution in [0.4, 0.5) is 0 Å². The van der Waals surface area contributed by atoms with E-state index >= 15 is 0 Å². The minimum Gasteiger partial charge on any atom is -0.278 e. The molecule has 1 unspecified atom stereocenters. The number of hydrogen-bond donors (Lipinski definition) is 1. The Balaban J connectivity index is 2.39. The fourth-order valence-corrected chi connectivity index (χ4v) is 1.69. The zero-order valence-corrected chi connectivity index (χ0v) is 6.49. The fourth-order valence-electron chi connectivity index (χ4n) is 1.69. The highest BCUT2D eigenvalue weighted by atomic mass is 16.5. The zero-order chi connectivity index (χ0) is 8.72. The second-order valence-corrected chi connectivity index (χ2v) is 3.15. The van der Waals surface area contributed by atoms with Crippen LogP contribution in [0.5, 0.6) is 0 Å². The maximum atomic E-state index is 11.2. The number of imide groups is 1. The molecule has 1 heterocycles. The van der Waals surface area contributed by atoms with E-state index in [1.165, 1.54) is 0 Å². The molecule has 0 fully saturated rings. The van der Waals surface area contributed by atoms with Crippen molar-refractivity contribution in [3.63, 3.8) is 0 Å². The average Bonchev–Trinajstić information content (AvgIpc) is 2.13. The lowest BCUT2D eigenvalue weighted by Crippen LogP contribution is -2.43. The van der Waals surface area contributed by atoms with E-state index in [4.69, 9.17) is 5.21 Å². The van der Waals surface area contributed by atoms with Crippen LogP contribution in [-0.4, -0.2) is 22.1 Å². The molecule has 0 saturated heterocycles. The highest BCUT2D eigenvalue weighted by Gasteiger charge is 2.36. The van der Waals surface area contributed by atoms with Gasteiger partial charge >= 0.3 is 0 Å². The normalized spacial score (nSPS) is 28.9. The number of fused-ring (bicyclic) bond motifs is 1. The lowest BCUT2D eigenvalue weighted by atomic mass is 9.86. The topological polar surface area (TPSA) is 57.6 Å². The molecule has 2 amide bonds. The maximum absolute atomic E-state index is 11.2. The summed E-state index contributed by atoms with van der Waals surface area (Å²) in [6.45, 7) is 0. The van der Waals surface area contributed by atoms with Gasteiger partial charge in [-0.3, -0.25) is 14.8 Å². The van der Waals surface area contributed by atoms with Crippen molar-refractivity contribution in [1.29, 1.82) is 0 Å². The number of carbonyl (C=O) groups is 2. The standard InChI is InChI=1S/C8H9NO3/c10-7-5-2-1-3-6(4-5)8(11)9(7)12/h4-5,12H,1-3H2. The number of hydrogen-bond acceptors (Lipinski definition) is 3. The van der Waals surface area contributed by atoms with Gasteiger partial charge in [0.15, 0.2) is 0 Å². The fraction of sp³-hybridized carbons (Fsp3) is 0.500. The van der Waals surface area contributed by atoms with Gasteiger partial charge in [-0.25, -0.2) is 0 Å². The van der Waals surface area contributed by atoms with Crippen molar-refractivity contribution in [3.05, 3.63) is 11.6 Å². The highest BCUT2D eigenvalue weighted by Crippen LogP contribution is 2.29. The molecule has 4 nitrogen and oxygen atoms in total. The summed E-state index contributed by atoms with van der Waals surface area (Å²) in [4.78, 5) is 22.3. The van der Waals surface area contributed by atoms with Crippen molar-refractivity contribution in [2.75, 3.05) is 0 Å². The van der Waals surface area contributed by atoms with Gasteiger partial charge in [0.25, 0.3) is 11.8 Å². The second-order valence-electron chi connectivity index (χ2n) is 3.15. The molecule has 2 aliphatic rings. The van der Waals surface area contributed by atoms with Crippen LogP contribution in [0.3, 0.4) is 0 Å². The van der Waals surface area contributed by atoms with Crippen molar-refractivity contribution in [3.8, 4) is 0 Å². The van der Waals surface area contributed by atoms with E-state index < -0.39 is 11.8 Å². The van der Waals surface area contributed by atoms with Crippen LogP contribution >= 0.6 is 0 Å². The molecule has 0 spiro atoms. The van der Waals surface area contributed by atoms with Crippen molar-refractivity contribution in [2.24, 2.45) is 5.92 Å². The maximum Gasteiger partial charge on any atom is 0.280 e. The van der Waals surface area contributed by atoms with Crippen LogP contribution in [0.1, 0.15) is 19.3 Å². The second kappa shape index (κ2) is 2.42. The molecule has 2 rings (SSSR count). The molecule has 1 aliphatic carbocycles. The van der Waals surface area contributed by atoms with E-state index in [1.54, 1.807) is 6.08 Å². The summed E-state index contributed by atoms with van der Waals surface area (Å²) in [5.74, 6) is -1.30. The first-order valence-corrected chi connectivity index (χ1v) is 3.98. The molecular weight excluding hydrogens is 158 g/mol. The van der Waals surface area contributed by atoms with Crippen LogP contribution in [0.15, 0.2) is 11.6 Å². The smallest absolute Gasteiger partial charge is 0.278 e. The Bertz CT molecular complexity index is 282. The lowest BCUT2D eigenvalue weighted by Gasteiger charge is -2.28. The molecule has 0 aromatic carbocycles. The molecule has 1 atom stereocenters. The Morgan fingerprint density at radius 1 is 1.50 bits per heavy atom. The van der Waals surface area contributed by atoms with E-state index in [-0.39, 0.29) is 11.0 Å². The molecule has 2 bridgehead atoms.